The van der Waals surface area contributed by atoms with Gasteiger partial charge in [0.2, 0.25) is 29.5 Å². The molecule has 0 aromatic heterocycles. The molecule has 19 nitrogen and oxygen atoms in total. The van der Waals surface area contributed by atoms with Crippen LogP contribution in [0.3, 0.4) is 0 Å². The van der Waals surface area contributed by atoms with Gasteiger partial charge in [-0.3, -0.25) is 34.0 Å². The van der Waals surface area contributed by atoms with Crippen LogP contribution in [0.5, 0.6) is 0 Å². The SMILES string of the molecule is NC(=O)CC[C@H](N)C(=O)N[C@@H](CCCN=C(N)N)C(=O)N[C@@H](Cc1ccccc1)C(=O)N[C@@H](CS)C(=O)N[C@@H](CCCN=C(N)N)C(=O)O. The van der Waals surface area contributed by atoms with E-state index in [0.29, 0.717) is 5.56 Å². The fourth-order valence-electron chi connectivity index (χ4n) is 4.31. The first-order chi connectivity index (χ1) is 23.1. The highest BCUT2D eigenvalue weighted by Gasteiger charge is 2.31. The number of aliphatic imine (C=N–C) groups is 2. The highest BCUT2D eigenvalue weighted by Crippen LogP contribution is 2.08. The van der Waals surface area contributed by atoms with E-state index in [-0.39, 0.29) is 75.7 Å². The van der Waals surface area contributed by atoms with Crippen LogP contribution in [0, 0.1) is 0 Å². The number of carboxylic acid groups (broad SMARTS) is 1. The summed E-state index contributed by atoms with van der Waals surface area (Å²) in [7, 11) is 0. The van der Waals surface area contributed by atoms with E-state index in [0.717, 1.165) is 0 Å². The summed E-state index contributed by atoms with van der Waals surface area (Å²) in [5.74, 6) is -5.59. The smallest absolute Gasteiger partial charge is 0.326 e. The minimum Gasteiger partial charge on any atom is -0.480 e. The van der Waals surface area contributed by atoms with E-state index in [1.54, 1.807) is 30.3 Å². The van der Waals surface area contributed by atoms with Crippen molar-refractivity contribution in [1.82, 2.24) is 21.3 Å². The molecule has 0 heterocycles. The topological polar surface area (TPSA) is 352 Å². The maximum Gasteiger partial charge on any atom is 0.326 e. The number of amides is 5. The second-order valence-corrected chi connectivity index (χ2v) is 11.3. The van der Waals surface area contributed by atoms with Gasteiger partial charge in [0.1, 0.15) is 24.2 Å². The minimum atomic E-state index is -1.31. The van der Waals surface area contributed by atoms with E-state index in [1.807, 2.05) is 0 Å². The van der Waals surface area contributed by atoms with E-state index < -0.39 is 65.7 Å². The predicted octanol–water partition coefficient (Wildman–Crippen LogP) is -4.12. The third-order valence-corrected chi connectivity index (χ3v) is 7.27. The minimum absolute atomic E-state index is 0.000259. The number of hydrogen-bond acceptors (Lipinski definition) is 10. The zero-order valence-corrected chi connectivity index (χ0v) is 27.9. The number of guanidine groups is 2. The summed E-state index contributed by atoms with van der Waals surface area (Å²) in [5.41, 5.74) is 33.0. The van der Waals surface area contributed by atoms with Crippen molar-refractivity contribution in [1.29, 1.82) is 0 Å². The first-order valence-electron chi connectivity index (χ1n) is 15.4. The number of hydrogen-bond donors (Lipinski definition) is 12. The fourth-order valence-corrected chi connectivity index (χ4v) is 4.57. The van der Waals surface area contributed by atoms with Crippen LogP contribution >= 0.6 is 12.6 Å². The molecule has 0 aliphatic heterocycles. The second-order valence-electron chi connectivity index (χ2n) is 11.0. The van der Waals surface area contributed by atoms with Crippen LogP contribution in [0.1, 0.15) is 44.1 Å². The Morgan fingerprint density at radius 3 is 1.65 bits per heavy atom. The van der Waals surface area contributed by atoms with E-state index in [9.17, 15) is 33.9 Å². The van der Waals surface area contributed by atoms with Crippen molar-refractivity contribution in [3.8, 4) is 0 Å². The van der Waals surface area contributed by atoms with Crippen molar-refractivity contribution in [2.24, 2.45) is 44.4 Å². The molecule has 0 radical (unpaired) electrons. The lowest BCUT2D eigenvalue weighted by molar-refractivity contribution is -0.142. The number of benzene rings is 1. The normalized spacial score (nSPS) is 13.7. The van der Waals surface area contributed by atoms with Gasteiger partial charge in [-0.05, 0) is 37.7 Å². The molecular formula is C29H48N12O7S. The van der Waals surface area contributed by atoms with Crippen LogP contribution in [0.2, 0.25) is 0 Å². The average molecular weight is 709 g/mol. The highest BCUT2D eigenvalue weighted by molar-refractivity contribution is 7.80. The van der Waals surface area contributed by atoms with Gasteiger partial charge >= 0.3 is 5.97 Å². The quantitative estimate of drug-likeness (QED) is 0.0223. The predicted molar refractivity (Wildman–Crippen MR) is 186 cm³/mol. The Balaban J connectivity index is 3.18. The third-order valence-electron chi connectivity index (χ3n) is 6.91. The number of carbonyl (C=O) groups excluding carboxylic acids is 5. The lowest BCUT2D eigenvalue weighted by Gasteiger charge is -2.26. The highest BCUT2D eigenvalue weighted by atomic mass is 32.1. The maximum absolute atomic E-state index is 13.6. The Morgan fingerprint density at radius 2 is 1.14 bits per heavy atom. The number of aliphatic carboxylic acids is 1. The van der Waals surface area contributed by atoms with Crippen LogP contribution < -0.4 is 55.7 Å². The molecule has 17 N–H and O–H groups in total. The van der Waals surface area contributed by atoms with E-state index in [4.69, 9.17) is 34.4 Å². The Hall–Kier alpha value is -5.11. The fraction of sp³-hybridized carbons (Fsp3) is 0.517. The Labute approximate surface area is 289 Å². The molecule has 0 bridgehead atoms. The molecule has 5 amide bonds. The van der Waals surface area contributed by atoms with Gasteiger partial charge in [0.25, 0.3) is 0 Å². The molecule has 0 fully saturated rings. The van der Waals surface area contributed by atoms with Crippen molar-refractivity contribution in [2.45, 2.75) is 75.2 Å². The van der Waals surface area contributed by atoms with Crippen molar-refractivity contribution < 1.29 is 33.9 Å². The Morgan fingerprint density at radius 1 is 0.673 bits per heavy atom. The zero-order chi connectivity index (χ0) is 36.9. The zero-order valence-electron chi connectivity index (χ0n) is 27.0. The number of nitrogens with zero attached hydrogens (tertiary/aromatic N) is 2. The third kappa shape index (κ3) is 17.6. The maximum atomic E-state index is 13.6. The lowest BCUT2D eigenvalue weighted by atomic mass is 10.0. The molecule has 272 valence electrons. The number of carbonyl (C=O) groups is 6. The number of thiol groups is 1. The molecule has 1 aromatic carbocycles. The van der Waals surface area contributed by atoms with Crippen molar-refractivity contribution in [2.75, 3.05) is 18.8 Å². The van der Waals surface area contributed by atoms with Crippen LogP contribution in [-0.2, 0) is 35.2 Å². The van der Waals surface area contributed by atoms with Gasteiger partial charge < -0.3 is 60.8 Å². The molecule has 0 aliphatic carbocycles. The Bertz CT molecular complexity index is 1320. The van der Waals surface area contributed by atoms with Crippen LogP contribution in [0.25, 0.3) is 0 Å². The van der Waals surface area contributed by atoms with Gasteiger partial charge in [-0.2, -0.15) is 12.6 Å². The largest absolute Gasteiger partial charge is 0.480 e. The summed E-state index contributed by atoms with van der Waals surface area (Å²) in [6, 6.07) is 2.46. The molecule has 1 rings (SSSR count). The van der Waals surface area contributed by atoms with Crippen LogP contribution in [-0.4, -0.2) is 102 Å². The molecule has 0 saturated carbocycles. The van der Waals surface area contributed by atoms with E-state index in [1.165, 1.54) is 0 Å². The van der Waals surface area contributed by atoms with E-state index in [2.05, 4.69) is 43.9 Å². The first-order valence-corrected chi connectivity index (χ1v) is 16.0. The summed E-state index contributed by atoms with van der Waals surface area (Å²) in [6.45, 7) is 0.276. The molecule has 0 spiro atoms. The molecule has 49 heavy (non-hydrogen) atoms. The summed E-state index contributed by atoms with van der Waals surface area (Å²) in [5, 5.41) is 19.7. The van der Waals surface area contributed by atoms with Gasteiger partial charge in [-0.15, -0.1) is 0 Å². The number of rotatable bonds is 23. The van der Waals surface area contributed by atoms with Crippen LogP contribution in [0.4, 0.5) is 0 Å². The number of primary amides is 1. The molecule has 0 saturated heterocycles. The van der Waals surface area contributed by atoms with Crippen LogP contribution in [0.15, 0.2) is 40.3 Å². The molecule has 0 aliphatic rings. The molecule has 0 unspecified atom stereocenters. The molecular weight excluding hydrogens is 660 g/mol. The summed E-state index contributed by atoms with van der Waals surface area (Å²) in [6.07, 6.45) is 0.306. The number of nitrogens with one attached hydrogen (secondary N) is 4. The average Bonchev–Trinajstić information content (AvgIpc) is 3.04. The second kappa shape index (κ2) is 22.5. The van der Waals surface area contributed by atoms with Gasteiger partial charge in [0, 0.05) is 31.7 Å². The monoisotopic (exact) mass is 708 g/mol. The van der Waals surface area contributed by atoms with Crippen molar-refractivity contribution in [3.63, 3.8) is 0 Å². The molecule has 1 aromatic rings. The molecule has 5 atom stereocenters. The van der Waals surface area contributed by atoms with Gasteiger partial charge in [0.15, 0.2) is 11.9 Å². The number of nitrogens with two attached hydrogens (primary N) is 6. The molecule has 20 heteroatoms. The van der Waals surface area contributed by atoms with E-state index >= 15 is 0 Å². The Kier molecular flexibility index (Phi) is 19.2. The first kappa shape index (κ1) is 41.9. The van der Waals surface area contributed by atoms with Crippen molar-refractivity contribution >= 4 is 60.1 Å². The number of carboxylic acids is 1. The summed E-state index contributed by atoms with van der Waals surface area (Å²) < 4.78 is 0. The van der Waals surface area contributed by atoms with Gasteiger partial charge in [0.05, 0.1) is 6.04 Å². The standard InChI is InChI=1S/C29H48N12O7S/c30-17(10-11-22(31)42)23(43)38-18(8-4-12-36-28(32)33)24(44)40-20(14-16-6-2-1-3-7-16)25(45)41-21(15-49)26(46)39-19(27(47)48)9-5-13-37-29(34)35/h1-3,6-7,17-21,49H,4-5,8-15,30H2,(H2,31,42)(H,38,43)(H,39,46)(H,40,44)(H,41,45)(H,47,48)(H4,32,33,36)(H4,34,35,37)/t17-,18-,19-,20-,21-/m0/s1. The lowest BCUT2D eigenvalue weighted by Crippen LogP contribution is -2.59. The summed E-state index contributed by atoms with van der Waals surface area (Å²) in [4.78, 5) is 83.6. The van der Waals surface area contributed by atoms with Gasteiger partial charge in [-0.25, -0.2) is 4.79 Å². The van der Waals surface area contributed by atoms with Gasteiger partial charge in [-0.1, -0.05) is 30.3 Å². The van der Waals surface area contributed by atoms with Crippen molar-refractivity contribution in [3.05, 3.63) is 35.9 Å². The summed E-state index contributed by atoms with van der Waals surface area (Å²) >= 11 is 4.16.